The molecule has 0 saturated carbocycles. The van der Waals surface area contributed by atoms with Gasteiger partial charge in [0, 0.05) is 38.8 Å². The lowest BCUT2D eigenvalue weighted by Gasteiger charge is -2.11. The second kappa shape index (κ2) is 8.60. The summed E-state index contributed by atoms with van der Waals surface area (Å²) in [4.78, 5) is 11.1. The van der Waals surface area contributed by atoms with Gasteiger partial charge in [0.25, 0.3) is 0 Å². The molecule has 132 valence electrons. The van der Waals surface area contributed by atoms with Gasteiger partial charge in [-0.2, -0.15) is 0 Å². The predicted octanol–water partition coefficient (Wildman–Crippen LogP) is 3.11. The average Bonchev–Trinajstić information content (AvgIpc) is 3.11. The van der Waals surface area contributed by atoms with Crippen LogP contribution in [0.15, 0.2) is 16.4 Å². The fraction of sp³-hybridized carbons (Fsp3) is 0.467. The highest BCUT2D eigenvalue weighted by Crippen LogP contribution is 2.25. The number of thiazole rings is 1. The molecule has 0 aliphatic rings. The maximum atomic E-state index is 6.09. The highest BCUT2D eigenvalue weighted by molar-refractivity contribution is 7.13. The summed E-state index contributed by atoms with van der Waals surface area (Å²) in [7, 11) is 5.84. The summed E-state index contributed by atoms with van der Waals surface area (Å²) in [5.41, 5.74) is 1.94. The molecular weight excluding hydrogens is 367 g/mol. The molecule has 0 aliphatic carbocycles. The van der Waals surface area contributed by atoms with E-state index >= 15 is 0 Å². The second-order valence-corrected chi connectivity index (χ2v) is 7.00. The zero-order valence-corrected chi connectivity index (χ0v) is 16.6. The lowest BCUT2D eigenvalue weighted by molar-refractivity contribution is 0.751. The Hall–Kier alpha value is -1.44. The first-order chi connectivity index (χ1) is 11.4. The van der Waals surface area contributed by atoms with E-state index in [4.69, 9.17) is 23.2 Å². The minimum absolute atomic E-state index is 0.522. The Kier molecular flexibility index (Phi) is 6.77. The van der Waals surface area contributed by atoms with Gasteiger partial charge < -0.3 is 20.1 Å². The normalized spacial score (nSPS) is 11.7. The molecular formula is C15H22Cl2N6S. The van der Waals surface area contributed by atoms with Crippen LogP contribution in [0.5, 0.6) is 0 Å². The Morgan fingerprint density at radius 3 is 2.67 bits per heavy atom. The number of rotatable bonds is 6. The minimum atomic E-state index is 0.522. The van der Waals surface area contributed by atoms with E-state index < -0.39 is 0 Å². The van der Waals surface area contributed by atoms with Crippen LogP contribution in [0.3, 0.4) is 0 Å². The first-order valence-electron chi connectivity index (χ1n) is 7.55. The van der Waals surface area contributed by atoms with Crippen molar-refractivity contribution in [1.82, 2.24) is 20.2 Å². The van der Waals surface area contributed by atoms with Crippen molar-refractivity contribution < 1.29 is 0 Å². The standard InChI is InChI=1S/C15H22Cl2N6S/c1-5-18-14(19-7-10-9-24-15(21-10)22(2)3)20-8-11-6-12(16)13(17)23(11)4/h6,9H,5,7-8H2,1-4H3,(H2,18,19,20). The van der Waals surface area contributed by atoms with E-state index in [-0.39, 0.29) is 0 Å². The third-order valence-corrected chi connectivity index (χ3v) is 5.22. The number of halogens is 2. The summed E-state index contributed by atoms with van der Waals surface area (Å²) in [6, 6.07) is 1.85. The van der Waals surface area contributed by atoms with Crippen molar-refractivity contribution in [1.29, 1.82) is 0 Å². The molecule has 0 unspecified atom stereocenters. The molecule has 0 atom stereocenters. The summed E-state index contributed by atoms with van der Waals surface area (Å²) >= 11 is 13.7. The van der Waals surface area contributed by atoms with E-state index in [0.29, 0.717) is 23.3 Å². The van der Waals surface area contributed by atoms with E-state index in [1.165, 1.54) is 0 Å². The van der Waals surface area contributed by atoms with Gasteiger partial charge in [0.1, 0.15) is 5.15 Å². The Labute approximate surface area is 156 Å². The number of guanidine groups is 1. The molecule has 2 N–H and O–H groups in total. The molecule has 6 nitrogen and oxygen atoms in total. The zero-order chi connectivity index (χ0) is 17.7. The van der Waals surface area contributed by atoms with E-state index in [1.54, 1.807) is 11.3 Å². The number of nitrogens with zero attached hydrogens (tertiary/aromatic N) is 4. The molecule has 0 aromatic carbocycles. The van der Waals surface area contributed by atoms with Gasteiger partial charge >= 0.3 is 0 Å². The lowest BCUT2D eigenvalue weighted by Crippen LogP contribution is -2.37. The van der Waals surface area contributed by atoms with Gasteiger partial charge in [-0.25, -0.2) is 9.98 Å². The molecule has 2 heterocycles. The maximum absolute atomic E-state index is 6.09. The van der Waals surface area contributed by atoms with Crippen molar-refractivity contribution in [3.8, 4) is 0 Å². The fourth-order valence-corrected chi connectivity index (χ4v) is 3.17. The number of anilines is 1. The molecule has 9 heteroatoms. The third kappa shape index (κ3) is 4.78. The Morgan fingerprint density at radius 2 is 2.12 bits per heavy atom. The summed E-state index contributed by atoms with van der Waals surface area (Å²) in [6.07, 6.45) is 0. The number of hydrogen-bond donors (Lipinski definition) is 2. The van der Waals surface area contributed by atoms with Crippen LogP contribution in [-0.2, 0) is 20.1 Å². The number of hydrogen-bond acceptors (Lipinski definition) is 4. The van der Waals surface area contributed by atoms with Gasteiger partial charge in [0.2, 0.25) is 0 Å². The first kappa shape index (κ1) is 18.9. The molecule has 0 aliphatic heterocycles. The van der Waals surface area contributed by atoms with Crippen LogP contribution >= 0.6 is 34.5 Å². The zero-order valence-electron chi connectivity index (χ0n) is 14.2. The predicted molar refractivity (Wildman–Crippen MR) is 104 cm³/mol. The molecule has 0 bridgehead atoms. The van der Waals surface area contributed by atoms with Crippen LogP contribution in [-0.4, -0.2) is 36.2 Å². The number of aliphatic imine (C=N–C) groups is 1. The van der Waals surface area contributed by atoms with Crippen LogP contribution in [0.4, 0.5) is 5.13 Å². The highest BCUT2D eigenvalue weighted by Gasteiger charge is 2.09. The molecule has 2 rings (SSSR count). The SMILES string of the molecule is CCNC(=NCc1csc(N(C)C)n1)NCc1cc(Cl)c(Cl)n1C. The monoisotopic (exact) mass is 388 g/mol. The van der Waals surface area contributed by atoms with Crippen molar-refractivity contribution in [2.75, 3.05) is 25.5 Å². The third-order valence-electron chi connectivity index (χ3n) is 3.32. The van der Waals surface area contributed by atoms with Gasteiger partial charge in [-0.3, -0.25) is 0 Å². The molecule has 24 heavy (non-hydrogen) atoms. The largest absolute Gasteiger partial charge is 0.357 e. The molecule has 2 aromatic heterocycles. The Balaban J connectivity index is 2.00. The van der Waals surface area contributed by atoms with E-state index in [9.17, 15) is 0 Å². The van der Waals surface area contributed by atoms with Crippen LogP contribution in [0, 0.1) is 0 Å². The summed E-state index contributed by atoms with van der Waals surface area (Å²) in [6.45, 7) is 3.91. The van der Waals surface area contributed by atoms with E-state index in [2.05, 4.69) is 20.6 Å². The van der Waals surface area contributed by atoms with Gasteiger partial charge in [-0.05, 0) is 13.0 Å². The van der Waals surface area contributed by atoms with Gasteiger partial charge in [-0.15, -0.1) is 11.3 Å². The first-order valence-corrected chi connectivity index (χ1v) is 9.19. The molecule has 0 amide bonds. The number of nitrogens with one attached hydrogen (secondary N) is 2. The molecule has 0 saturated heterocycles. The molecule has 2 aromatic rings. The molecule has 0 spiro atoms. The van der Waals surface area contributed by atoms with Crippen LogP contribution in [0.1, 0.15) is 18.3 Å². The Bertz CT molecular complexity index is 707. The summed E-state index contributed by atoms with van der Waals surface area (Å²) < 4.78 is 1.85. The molecule has 0 radical (unpaired) electrons. The number of aromatic nitrogens is 2. The second-order valence-electron chi connectivity index (χ2n) is 5.40. The van der Waals surface area contributed by atoms with Gasteiger partial charge in [0.15, 0.2) is 11.1 Å². The van der Waals surface area contributed by atoms with Crippen LogP contribution in [0.25, 0.3) is 0 Å². The smallest absolute Gasteiger partial charge is 0.191 e. The van der Waals surface area contributed by atoms with E-state index in [0.717, 1.165) is 29.0 Å². The van der Waals surface area contributed by atoms with Gasteiger partial charge in [0.05, 0.1) is 23.8 Å². The van der Waals surface area contributed by atoms with Crippen molar-refractivity contribution in [3.05, 3.63) is 33.0 Å². The topological polar surface area (TPSA) is 57.5 Å². The van der Waals surface area contributed by atoms with Crippen molar-refractivity contribution in [2.24, 2.45) is 12.0 Å². The van der Waals surface area contributed by atoms with E-state index in [1.807, 2.05) is 49.0 Å². The van der Waals surface area contributed by atoms with Crippen molar-refractivity contribution in [3.63, 3.8) is 0 Å². The minimum Gasteiger partial charge on any atom is -0.357 e. The lowest BCUT2D eigenvalue weighted by atomic mass is 10.4. The summed E-state index contributed by atoms with van der Waals surface area (Å²) in [5, 5.41) is 10.6. The Morgan fingerprint density at radius 1 is 1.38 bits per heavy atom. The van der Waals surface area contributed by atoms with Gasteiger partial charge in [-0.1, -0.05) is 23.2 Å². The maximum Gasteiger partial charge on any atom is 0.191 e. The van der Waals surface area contributed by atoms with Crippen molar-refractivity contribution in [2.45, 2.75) is 20.0 Å². The highest BCUT2D eigenvalue weighted by atomic mass is 35.5. The molecule has 0 fully saturated rings. The van der Waals surface area contributed by atoms with Crippen LogP contribution in [0.2, 0.25) is 10.2 Å². The average molecular weight is 389 g/mol. The van der Waals surface area contributed by atoms with Crippen LogP contribution < -0.4 is 15.5 Å². The fourth-order valence-electron chi connectivity index (χ4n) is 2.01. The quantitative estimate of drug-likeness (QED) is 0.589. The van der Waals surface area contributed by atoms with Crippen molar-refractivity contribution >= 4 is 45.6 Å². The summed E-state index contributed by atoms with van der Waals surface area (Å²) in [5.74, 6) is 0.727.